The summed E-state index contributed by atoms with van der Waals surface area (Å²) in [5.41, 5.74) is 0. The van der Waals surface area contributed by atoms with Gasteiger partial charge in [0.2, 0.25) is 0 Å². The zero-order valence-corrected chi connectivity index (χ0v) is 9.12. The molecule has 0 fully saturated rings. The number of hydrogen-bond donors (Lipinski definition) is 2. The first-order chi connectivity index (χ1) is 3.13. The molecular weight excluding hydrogens is 160 g/mol. The second-order valence-corrected chi connectivity index (χ2v) is 1.45. The van der Waals surface area contributed by atoms with Gasteiger partial charge in [-0.2, -0.15) is 0 Å². The molecule has 0 unspecified atom stereocenters. The van der Waals surface area contributed by atoms with Crippen molar-refractivity contribution in [1.29, 1.82) is 0 Å². The summed E-state index contributed by atoms with van der Waals surface area (Å²) in [5.74, 6) is -0.963. The fourth-order valence-corrected chi connectivity index (χ4v) is 0.253. The zero-order chi connectivity index (χ0) is 5.86. The average Bonchev–Trinajstić information content (AvgIpc) is 1.27. The monoisotopic (exact) mass is 172 g/mol. The summed E-state index contributed by atoms with van der Waals surface area (Å²) in [5, 5.41) is 16.3. The van der Waals surface area contributed by atoms with Crippen LogP contribution in [0.5, 0.6) is 0 Å². The van der Waals surface area contributed by atoms with Crippen LogP contribution in [0.1, 0.15) is 19.1 Å². The Morgan fingerprint density at radius 2 is 2.11 bits per heavy atom. The number of aliphatic hydroxyl groups is 1. The molecule has 50 valence electrons. The van der Waals surface area contributed by atoms with Crippen molar-refractivity contribution in [3.63, 3.8) is 0 Å². The third-order valence-electron chi connectivity index (χ3n) is 0.470. The smallest absolute Gasteiger partial charge is 1.00 e. The van der Waals surface area contributed by atoms with Crippen LogP contribution in [-0.4, -0.2) is 83.1 Å². The van der Waals surface area contributed by atoms with E-state index < -0.39 is 12.1 Å². The van der Waals surface area contributed by atoms with Crippen LogP contribution < -0.4 is 0 Å². The van der Waals surface area contributed by atoms with Crippen molar-refractivity contribution in [1.82, 2.24) is 0 Å². The number of hydrogen-bond acceptors (Lipinski definition) is 2. The molecule has 0 aromatic carbocycles. The fourth-order valence-electron chi connectivity index (χ4n) is 0.253. The molecule has 0 aliphatic carbocycles. The molecule has 5 heteroatoms. The van der Waals surface area contributed by atoms with Gasteiger partial charge < -0.3 is 15.9 Å². The first kappa shape index (κ1) is 16.8. The van der Waals surface area contributed by atoms with E-state index >= 15 is 0 Å². The number of aliphatic carboxylic acids is 1. The summed E-state index contributed by atoms with van der Waals surface area (Å²) in [6, 6.07) is 0. The maximum Gasteiger partial charge on any atom is 2.00 e. The van der Waals surface area contributed by atoms with Crippen molar-refractivity contribution >= 4 is 66.8 Å². The molecule has 0 aliphatic heterocycles. The van der Waals surface area contributed by atoms with E-state index in [4.69, 9.17) is 10.2 Å². The minimum atomic E-state index is -0.963. The molecule has 2 N–H and O–H groups in total. The van der Waals surface area contributed by atoms with Gasteiger partial charge in [-0.3, -0.25) is 4.79 Å². The number of rotatable bonds is 2. The van der Waals surface area contributed by atoms with Gasteiger partial charge in [-0.25, -0.2) is 0 Å². The molecule has 9 heavy (non-hydrogen) atoms. The van der Waals surface area contributed by atoms with E-state index in [1.165, 1.54) is 6.92 Å². The molecule has 0 aromatic heterocycles. The average molecular weight is 173 g/mol. The van der Waals surface area contributed by atoms with Gasteiger partial charge in [0.25, 0.3) is 0 Å². The second kappa shape index (κ2) is 9.46. The van der Waals surface area contributed by atoms with Crippen LogP contribution in [0.3, 0.4) is 0 Å². The van der Waals surface area contributed by atoms with Gasteiger partial charge in [-0.15, -0.1) is 0 Å². The van der Waals surface area contributed by atoms with Crippen LogP contribution >= 0.6 is 0 Å². The van der Waals surface area contributed by atoms with E-state index in [0.717, 1.165) is 0 Å². The Kier molecular flexibility index (Phi) is 17.7. The summed E-state index contributed by atoms with van der Waals surface area (Å²) in [7, 11) is 0. The summed E-state index contributed by atoms with van der Waals surface area (Å²) in [6.07, 6.45) is -0.891. The molecular formula is C4H12CaMgO3. The Morgan fingerprint density at radius 3 is 2.11 bits per heavy atom. The van der Waals surface area contributed by atoms with Crippen LogP contribution in [0, 0.1) is 0 Å². The number of carboxylic acids is 1. The van der Waals surface area contributed by atoms with Gasteiger partial charge in [-0.1, -0.05) is 0 Å². The Morgan fingerprint density at radius 1 is 1.78 bits per heavy atom. The van der Waals surface area contributed by atoms with Gasteiger partial charge >= 0.3 is 66.8 Å². The normalized spacial score (nSPS) is 10.4. The van der Waals surface area contributed by atoms with E-state index in [9.17, 15) is 4.79 Å². The maximum absolute atomic E-state index is 9.65. The number of aliphatic hydroxyl groups excluding tert-OH is 1. The van der Waals surface area contributed by atoms with Crippen LogP contribution in [0.25, 0.3) is 0 Å². The molecule has 0 saturated heterocycles. The third-order valence-corrected chi connectivity index (χ3v) is 0.470. The predicted molar refractivity (Wildman–Crippen MR) is 39.9 cm³/mol. The molecule has 0 radical (unpaired) electrons. The molecule has 0 saturated carbocycles. The van der Waals surface area contributed by atoms with Crippen molar-refractivity contribution in [3.05, 3.63) is 0 Å². The van der Waals surface area contributed by atoms with E-state index in [2.05, 4.69) is 0 Å². The van der Waals surface area contributed by atoms with Crippen LogP contribution in [0.2, 0.25) is 0 Å². The van der Waals surface area contributed by atoms with Gasteiger partial charge in [0, 0.05) is 0 Å². The molecule has 0 bridgehead atoms. The summed E-state index contributed by atoms with van der Waals surface area (Å²) in [6.45, 7) is 1.44. The van der Waals surface area contributed by atoms with E-state index in [1.807, 2.05) is 0 Å². The Bertz CT molecular complexity index is 87.8. The van der Waals surface area contributed by atoms with Crippen LogP contribution in [0.15, 0.2) is 0 Å². The van der Waals surface area contributed by atoms with Crippen LogP contribution in [-0.2, 0) is 4.79 Å². The molecule has 3 nitrogen and oxygen atoms in total. The molecule has 1 atom stereocenters. The molecule has 0 heterocycles. The van der Waals surface area contributed by atoms with Crippen molar-refractivity contribution < 1.29 is 20.7 Å². The largest absolute Gasteiger partial charge is 2.00 e. The van der Waals surface area contributed by atoms with Crippen LogP contribution in [0.4, 0.5) is 0 Å². The first-order valence-corrected chi connectivity index (χ1v) is 2.03. The molecule has 0 spiro atoms. The summed E-state index contributed by atoms with van der Waals surface area (Å²) >= 11 is 0. The maximum atomic E-state index is 9.65. The van der Waals surface area contributed by atoms with Gasteiger partial charge in [-0.05, 0) is 6.92 Å². The van der Waals surface area contributed by atoms with Gasteiger partial charge in [0.1, 0.15) is 0 Å². The Labute approximate surface area is 106 Å². The molecule has 0 aliphatic rings. The van der Waals surface area contributed by atoms with Crippen molar-refractivity contribution in [3.8, 4) is 0 Å². The minimum Gasteiger partial charge on any atom is -1.00 e. The van der Waals surface area contributed by atoms with E-state index in [-0.39, 0.29) is 72.9 Å². The minimum absolute atomic E-state index is 0. The Hall–Kier alpha value is 1.46. The van der Waals surface area contributed by atoms with Gasteiger partial charge in [0.05, 0.1) is 12.5 Å². The van der Waals surface area contributed by atoms with E-state index in [0.29, 0.717) is 0 Å². The zero-order valence-electron chi connectivity index (χ0n) is 9.50. The first-order valence-electron chi connectivity index (χ1n) is 2.03. The Balaban J connectivity index is -0.0000000120. The quantitative estimate of drug-likeness (QED) is 0.554. The third kappa shape index (κ3) is 17.7. The molecule has 0 amide bonds. The molecule has 0 rings (SSSR count). The second-order valence-electron chi connectivity index (χ2n) is 1.45. The van der Waals surface area contributed by atoms with Crippen molar-refractivity contribution in [2.24, 2.45) is 0 Å². The number of carbonyl (C=O) groups is 1. The van der Waals surface area contributed by atoms with Crippen molar-refractivity contribution in [2.45, 2.75) is 19.4 Å². The SMILES string of the molecule is C[C@@H](O)CC(=O)O.[Ca+2].[H-].[H-].[H-].[H-].[Mg+2]. The van der Waals surface area contributed by atoms with Gasteiger partial charge in [0.15, 0.2) is 0 Å². The molecule has 0 aromatic rings. The fraction of sp³-hybridized carbons (Fsp3) is 0.750. The van der Waals surface area contributed by atoms with E-state index in [1.54, 1.807) is 0 Å². The number of carboxylic acid groups (broad SMARTS) is 1. The summed E-state index contributed by atoms with van der Waals surface area (Å²) in [4.78, 5) is 9.65. The van der Waals surface area contributed by atoms with Crippen molar-refractivity contribution in [2.75, 3.05) is 0 Å². The standard InChI is InChI=1S/C4H8O3.Ca.Mg.4H/c1-3(5)2-4(6)7;;;;;;/h3,5H,2H2,1H3,(H,6,7);;;;;;/q;2*+2;4*-1/t3-;;;;;;/m1....../s1. The topological polar surface area (TPSA) is 57.5 Å². The summed E-state index contributed by atoms with van der Waals surface area (Å²) < 4.78 is 0. The predicted octanol–water partition coefficient (Wildman–Crippen LogP) is -0.470.